The molecule has 1 unspecified atom stereocenters. The minimum absolute atomic E-state index is 0. The number of hydrogen-bond acceptors (Lipinski definition) is 2. The highest BCUT2D eigenvalue weighted by atomic mass is 35.5. The molecule has 0 spiro atoms. The molecule has 6 heteroatoms. The Hall–Kier alpha value is -0.750. The molecule has 0 bridgehead atoms. The maximum absolute atomic E-state index is 12.9. The lowest BCUT2D eigenvalue weighted by atomic mass is 10.00. The van der Waals surface area contributed by atoms with Gasteiger partial charge in [-0.25, -0.2) is 8.42 Å². The van der Waals surface area contributed by atoms with Crippen molar-refractivity contribution in [3.05, 3.63) is 51.8 Å². The largest absolute Gasteiger partial charge is 0.248 e. The average molecular weight is 388 g/mol. The summed E-state index contributed by atoms with van der Waals surface area (Å²) in [5.41, 5.74) is 2.45. The molecule has 0 fully saturated rings. The van der Waals surface area contributed by atoms with Crippen LogP contribution in [0.15, 0.2) is 51.1 Å². The maximum Gasteiger partial charge on any atom is 0.248 e. The van der Waals surface area contributed by atoms with Crippen LogP contribution >= 0.6 is 22.6 Å². The topological polar surface area (TPSA) is 46.2 Å². The van der Waals surface area contributed by atoms with Gasteiger partial charge in [0, 0.05) is 0 Å². The van der Waals surface area contributed by atoms with Crippen LogP contribution in [0.2, 0.25) is 0 Å². The molecule has 3 rings (SSSR count). The van der Waals surface area contributed by atoms with E-state index < -0.39 is 20.2 Å². The molecule has 134 valence electrons. The molecule has 1 aromatic carbocycles. The fourth-order valence-corrected chi connectivity index (χ4v) is 9.51. The second kappa shape index (κ2) is 7.65. The molecule has 1 aliphatic heterocycles. The molecule has 1 heterocycles. The third-order valence-electron chi connectivity index (χ3n) is 4.52. The Bertz CT molecular complexity index is 754. The fourth-order valence-electron chi connectivity index (χ4n) is 3.37. The van der Waals surface area contributed by atoms with Gasteiger partial charge in [0.15, 0.2) is 0 Å². The van der Waals surface area contributed by atoms with Gasteiger partial charge in [-0.1, -0.05) is 30.7 Å². The minimum atomic E-state index is -3.49. The molecule has 1 aromatic rings. The molecule has 1 N–H and O–H groups in total. The van der Waals surface area contributed by atoms with E-state index in [1.54, 1.807) is 12.1 Å². The van der Waals surface area contributed by atoms with Crippen molar-refractivity contribution in [2.24, 2.45) is 0 Å². The quantitative estimate of drug-likeness (QED) is 0.756. The molecule has 0 amide bonds. The zero-order valence-corrected chi connectivity index (χ0v) is 16.7. The van der Waals surface area contributed by atoms with Crippen LogP contribution in [0.5, 0.6) is 0 Å². The predicted octanol–water partition coefficient (Wildman–Crippen LogP) is 5.18. The maximum atomic E-state index is 12.9. The van der Waals surface area contributed by atoms with Crippen molar-refractivity contribution in [1.29, 1.82) is 0 Å². The van der Waals surface area contributed by atoms with E-state index in [-0.39, 0.29) is 12.4 Å². The Kier molecular flexibility index (Phi) is 6.24. The van der Waals surface area contributed by atoms with Gasteiger partial charge in [0.2, 0.25) is 10.0 Å². The zero-order valence-electron chi connectivity index (χ0n) is 14.2. The van der Waals surface area contributed by atoms with Gasteiger partial charge < -0.3 is 0 Å². The molecule has 1 aliphatic carbocycles. The van der Waals surface area contributed by atoms with E-state index in [2.05, 4.69) is 22.5 Å². The number of sulfonamides is 1. The highest BCUT2D eigenvalue weighted by Crippen LogP contribution is 2.62. The molecule has 24 heavy (non-hydrogen) atoms. The van der Waals surface area contributed by atoms with E-state index in [4.69, 9.17) is 0 Å². The second-order valence-electron chi connectivity index (χ2n) is 6.36. The summed E-state index contributed by atoms with van der Waals surface area (Å²) in [4.78, 5) is 1.74. The van der Waals surface area contributed by atoms with Crippen LogP contribution in [0, 0.1) is 6.92 Å². The summed E-state index contributed by atoms with van der Waals surface area (Å²) in [6.07, 6.45) is 7.68. The minimum Gasteiger partial charge on any atom is -0.206 e. The SMILES string of the molecule is CCCS1(NS(=O)(=O)c2ccc(C)cc2)C=CC2=C1CCCC2.Cl. The first-order valence-corrected chi connectivity index (χ1v) is 11.6. The molecule has 0 aromatic heterocycles. The normalized spacial score (nSPS) is 25.8. The summed E-state index contributed by atoms with van der Waals surface area (Å²) in [5, 5.41) is 2.16. The number of benzene rings is 1. The summed E-state index contributed by atoms with van der Waals surface area (Å²) < 4.78 is 28.9. The highest BCUT2D eigenvalue weighted by molar-refractivity contribution is 8.41. The first-order valence-electron chi connectivity index (χ1n) is 8.28. The zero-order chi connectivity index (χ0) is 16.5. The van der Waals surface area contributed by atoms with Crippen LogP contribution in [0.3, 0.4) is 0 Å². The van der Waals surface area contributed by atoms with Crippen molar-refractivity contribution in [3.8, 4) is 0 Å². The van der Waals surface area contributed by atoms with E-state index in [1.807, 2.05) is 19.1 Å². The first kappa shape index (κ1) is 19.6. The second-order valence-corrected chi connectivity index (χ2v) is 11.3. The van der Waals surface area contributed by atoms with Gasteiger partial charge in [0.25, 0.3) is 0 Å². The summed E-state index contributed by atoms with van der Waals surface area (Å²) in [5.74, 6) is 0.896. The Morgan fingerprint density at radius 1 is 1.12 bits per heavy atom. The van der Waals surface area contributed by atoms with Crippen LogP contribution in [0.4, 0.5) is 0 Å². The molecule has 2 aliphatic rings. The van der Waals surface area contributed by atoms with Gasteiger partial charge in [-0.2, -0.15) is 4.13 Å². The molecule has 3 nitrogen and oxygen atoms in total. The number of aryl methyl sites for hydroxylation is 1. The lowest BCUT2D eigenvalue weighted by Gasteiger charge is -2.39. The van der Waals surface area contributed by atoms with Crippen molar-refractivity contribution in [2.45, 2.75) is 50.8 Å². The molecular formula is C18H26ClNO2S2. The smallest absolute Gasteiger partial charge is 0.206 e. The summed E-state index contributed by atoms with van der Waals surface area (Å²) in [7, 11) is -5.06. The number of allylic oxidation sites excluding steroid dienone is 3. The van der Waals surface area contributed by atoms with Gasteiger partial charge in [-0.3, -0.25) is 0 Å². The van der Waals surface area contributed by atoms with Crippen LogP contribution in [-0.2, 0) is 10.0 Å². The van der Waals surface area contributed by atoms with Gasteiger partial charge in [-0.05, 0) is 72.8 Å². The van der Waals surface area contributed by atoms with Crippen molar-refractivity contribution >= 4 is 32.6 Å². The third kappa shape index (κ3) is 3.74. The fraction of sp³-hybridized carbons (Fsp3) is 0.444. The Morgan fingerprint density at radius 2 is 1.79 bits per heavy atom. The van der Waals surface area contributed by atoms with Gasteiger partial charge in [-0.15, -0.1) is 22.6 Å². The average Bonchev–Trinajstić information content (AvgIpc) is 2.87. The third-order valence-corrected chi connectivity index (χ3v) is 10.5. The summed E-state index contributed by atoms with van der Waals surface area (Å²) in [6.45, 7) is 4.09. The first-order chi connectivity index (χ1) is 11.0. The standard InChI is InChI=1S/C18H25NO2S2.ClH/c1-3-13-22(14-12-16-6-4-5-7-18(16)22)19-23(20,21)17-10-8-15(2)9-11-17;/h8-12,14,19H,3-7,13H2,1-2H3;1H. The summed E-state index contributed by atoms with van der Waals surface area (Å²) in [6, 6.07) is 7.11. The number of rotatable bonds is 5. The van der Waals surface area contributed by atoms with Crippen molar-refractivity contribution in [3.63, 3.8) is 0 Å². The van der Waals surface area contributed by atoms with Crippen LogP contribution in [0.1, 0.15) is 44.6 Å². The summed E-state index contributed by atoms with van der Waals surface area (Å²) >= 11 is 0. The predicted molar refractivity (Wildman–Crippen MR) is 106 cm³/mol. The van der Waals surface area contributed by atoms with Crippen molar-refractivity contribution in [1.82, 2.24) is 4.13 Å². The van der Waals surface area contributed by atoms with Crippen LogP contribution in [0.25, 0.3) is 0 Å². The van der Waals surface area contributed by atoms with Crippen molar-refractivity contribution < 1.29 is 8.42 Å². The molecule has 1 atom stereocenters. The molecular weight excluding hydrogens is 362 g/mol. The van der Waals surface area contributed by atoms with E-state index in [0.717, 1.165) is 30.6 Å². The number of hydrogen-bond donors (Lipinski definition) is 1. The van der Waals surface area contributed by atoms with E-state index in [9.17, 15) is 8.42 Å². The van der Waals surface area contributed by atoms with Gasteiger partial charge in [0.1, 0.15) is 0 Å². The molecule has 0 saturated heterocycles. The molecule has 0 radical (unpaired) electrons. The Labute approximate surface area is 153 Å². The Morgan fingerprint density at radius 3 is 2.46 bits per heavy atom. The highest BCUT2D eigenvalue weighted by Gasteiger charge is 2.36. The monoisotopic (exact) mass is 387 g/mol. The molecule has 0 saturated carbocycles. The van der Waals surface area contributed by atoms with Crippen LogP contribution < -0.4 is 4.13 Å². The number of halogens is 1. The van der Waals surface area contributed by atoms with E-state index >= 15 is 0 Å². The van der Waals surface area contributed by atoms with Crippen LogP contribution in [-0.4, -0.2) is 14.2 Å². The van der Waals surface area contributed by atoms with Gasteiger partial charge >= 0.3 is 0 Å². The van der Waals surface area contributed by atoms with E-state index in [1.165, 1.54) is 23.3 Å². The lowest BCUT2D eigenvalue weighted by Crippen LogP contribution is -2.29. The number of nitrogens with one attached hydrogen (secondary N) is 1. The van der Waals surface area contributed by atoms with E-state index in [0.29, 0.717) is 4.90 Å². The van der Waals surface area contributed by atoms with Crippen molar-refractivity contribution in [2.75, 3.05) is 5.75 Å². The lowest BCUT2D eigenvalue weighted by molar-refractivity contribution is 0.594. The Balaban J connectivity index is 0.00000208. The van der Waals surface area contributed by atoms with Gasteiger partial charge in [0.05, 0.1) is 4.90 Å².